The fourth-order valence-corrected chi connectivity index (χ4v) is 10.4. The molecule has 5 rings (SSSR count). The summed E-state index contributed by atoms with van der Waals surface area (Å²) in [6, 6.07) is 9.83. The largest absolute Gasteiger partial charge is 0.478 e. The van der Waals surface area contributed by atoms with E-state index in [1.807, 2.05) is 77.1 Å². The molecule has 0 aromatic heterocycles. The van der Waals surface area contributed by atoms with Gasteiger partial charge >= 0.3 is 5.97 Å². The predicted molar refractivity (Wildman–Crippen MR) is 173 cm³/mol. The molecule has 0 radical (unpaired) electrons. The van der Waals surface area contributed by atoms with Gasteiger partial charge in [-0.2, -0.15) is 0 Å². The molecule has 0 heterocycles. The van der Waals surface area contributed by atoms with Crippen molar-refractivity contribution in [3.63, 3.8) is 0 Å². The number of aliphatic hydroxyl groups is 3. The first-order chi connectivity index (χ1) is 20.9. The summed E-state index contributed by atoms with van der Waals surface area (Å²) in [5.41, 5.74) is -0.815. The summed E-state index contributed by atoms with van der Waals surface area (Å²) in [5, 5.41) is 44.5. The lowest BCUT2D eigenvalue weighted by atomic mass is 9.40. The molecule has 0 bridgehead atoms. The van der Waals surface area contributed by atoms with Gasteiger partial charge in [-0.3, -0.25) is 9.59 Å². The molecular weight excluding hydrogens is 568 g/mol. The summed E-state index contributed by atoms with van der Waals surface area (Å²) in [4.78, 5) is 39.3. The van der Waals surface area contributed by atoms with Crippen molar-refractivity contribution >= 4 is 23.6 Å². The van der Waals surface area contributed by atoms with E-state index in [1.54, 1.807) is 0 Å². The standard InChI is InChI=1S/C38H50O7/c1-21(17-24(39)18-22(2)34(44)45)26-19-29(42)38(7)31-30(27(40)20-37(26,38)6)36(5)16-15-28(41)35(3,4)33(36)25(32(31)43)14-13-23-11-9-8-10-12-23/h8-14,18,21,24-26,29,32-33,39,42-43H,15-17,19-20H2,1-7H3,(H,44,45)/b14-13+,22-18+/t21-,24+,25-,26-,29+,32-,33-,36-,37-,38+/m1/s1. The van der Waals surface area contributed by atoms with Gasteiger partial charge in [0.2, 0.25) is 0 Å². The smallest absolute Gasteiger partial charge is 0.331 e. The molecule has 4 aliphatic carbocycles. The van der Waals surface area contributed by atoms with Crippen LogP contribution in [0.5, 0.6) is 0 Å². The molecular formula is C38H50O7. The molecule has 7 nitrogen and oxygen atoms in total. The van der Waals surface area contributed by atoms with Crippen molar-refractivity contribution in [3.8, 4) is 0 Å². The Morgan fingerprint density at radius 2 is 1.71 bits per heavy atom. The van der Waals surface area contributed by atoms with Crippen LogP contribution in [0.25, 0.3) is 6.08 Å². The van der Waals surface area contributed by atoms with Crippen LogP contribution < -0.4 is 0 Å². The highest BCUT2D eigenvalue weighted by atomic mass is 16.4. The van der Waals surface area contributed by atoms with E-state index in [9.17, 15) is 34.8 Å². The van der Waals surface area contributed by atoms with Gasteiger partial charge in [-0.25, -0.2) is 4.79 Å². The van der Waals surface area contributed by atoms with E-state index < -0.39 is 51.9 Å². The van der Waals surface area contributed by atoms with E-state index in [1.165, 1.54) is 13.0 Å². The van der Waals surface area contributed by atoms with Gasteiger partial charge in [0.25, 0.3) is 0 Å². The van der Waals surface area contributed by atoms with Gasteiger partial charge in [-0.15, -0.1) is 0 Å². The third-order valence-electron chi connectivity index (χ3n) is 12.8. The maximum Gasteiger partial charge on any atom is 0.331 e. The van der Waals surface area contributed by atoms with Crippen molar-refractivity contribution in [2.24, 2.45) is 45.3 Å². The van der Waals surface area contributed by atoms with Crippen LogP contribution in [0, 0.1) is 45.3 Å². The zero-order valence-corrected chi connectivity index (χ0v) is 27.7. The number of aliphatic carboxylic acids is 1. The Morgan fingerprint density at radius 3 is 2.33 bits per heavy atom. The Hall–Kier alpha value is -2.87. The lowest BCUT2D eigenvalue weighted by Gasteiger charge is -2.63. The molecule has 0 unspecified atom stereocenters. The monoisotopic (exact) mass is 618 g/mol. The first kappa shape index (κ1) is 33.5. The highest BCUT2D eigenvalue weighted by molar-refractivity contribution is 6.01. The van der Waals surface area contributed by atoms with Crippen LogP contribution in [0.1, 0.15) is 86.1 Å². The average molecular weight is 619 g/mol. The highest BCUT2D eigenvalue weighted by Gasteiger charge is 2.71. The fourth-order valence-electron chi connectivity index (χ4n) is 10.4. The number of carboxylic acids is 1. The third kappa shape index (κ3) is 5.01. The van der Waals surface area contributed by atoms with E-state index in [0.717, 1.165) is 5.56 Å². The van der Waals surface area contributed by atoms with Crippen molar-refractivity contribution in [3.05, 3.63) is 64.8 Å². The summed E-state index contributed by atoms with van der Waals surface area (Å²) >= 11 is 0. The van der Waals surface area contributed by atoms with Crippen LogP contribution >= 0.6 is 0 Å². The van der Waals surface area contributed by atoms with Crippen molar-refractivity contribution in [2.45, 2.75) is 98.9 Å². The zero-order valence-electron chi connectivity index (χ0n) is 27.7. The quantitative estimate of drug-likeness (QED) is 0.285. The maximum absolute atomic E-state index is 14.5. The van der Waals surface area contributed by atoms with Crippen LogP contribution in [0.4, 0.5) is 0 Å². The number of aliphatic hydroxyl groups excluding tert-OH is 3. The molecule has 2 fully saturated rings. The second-order valence-corrected chi connectivity index (χ2v) is 15.6. The molecule has 0 amide bonds. The number of carbonyl (C=O) groups excluding carboxylic acids is 2. The van der Waals surface area contributed by atoms with Gasteiger partial charge < -0.3 is 20.4 Å². The van der Waals surface area contributed by atoms with Crippen LogP contribution in [-0.2, 0) is 14.4 Å². The van der Waals surface area contributed by atoms with Gasteiger partial charge in [0.1, 0.15) is 5.78 Å². The number of Topliss-reactive ketones (excluding diaryl/α,β-unsaturated/α-hetero) is 2. The molecule has 45 heavy (non-hydrogen) atoms. The Balaban J connectivity index is 1.63. The number of carboxylic acid groups (broad SMARTS) is 1. The number of fused-ring (bicyclic) bond motifs is 4. The molecule has 0 aliphatic heterocycles. The number of hydrogen-bond acceptors (Lipinski definition) is 6. The van der Waals surface area contributed by atoms with Gasteiger partial charge in [0.15, 0.2) is 5.78 Å². The fraction of sp³-hybridized carbons (Fsp3) is 0.605. The molecule has 0 spiro atoms. The summed E-state index contributed by atoms with van der Waals surface area (Å²) < 4.78 is 0. The predicted octanol–water partition coefficient (Wildman–Crippen LogP) is 5.78. The van der Waals surface area contributed by atoms with Gasteiger partial charge in [0.05, 0.1) is 18.3 Å². The van der Waals surface area contributed by atoms with Gasteiger partial charge in [-0.1, -0.05) is 84.0 Å². The Kier molecular flexibility index (Phi) is 8.51. The third-order valence-corrected chi connectivity index (χ3v) is 12.8. The van der Waals surface area contributed by atoms with Crippen molar-refractivity contribution in [1.82, 2.24) is 0 Å². The lowest BCUT2D eigenvalue weighted by Crippen LogP contribution is -2.63. The number of benzene rings is 1. The van der Waals surface area contributed by atoms with Gasteiger partial charge in [-0.05, 0) is 66.6 Å². The first-order valence-corrected chi connectivity index (χ1v) is 16.4. The number of rotatable bonds is 7. The van der Waals surface area contributed by atoms with Crippen LogP contribution in [0.15, 0.2) is 59.2 Å². The summed E-state index contributed by atoms with van der Waals surface area (Å²) in [5.74, 6) is -2.06. The van der Waals surface area contributed by atoms with Crippen molar-refractivity contribution in [2.75, 3.05) is 0 Å². The molecule has 1 aromatic carbocycles. The number of allylic oxidation sites excluding steroid dienone is 1. The number of carbonyl (C=O) groups is 3. The van der Waals surface area contributed by atoms with E-state index in [0.29, 0.717) is 30.4 Å². The molecule has 7 heteroatoms. The SMILES string of the molecule is C/C(=C\[C@@H](O)C[C@@H](C)[C@H]1C[C@H](O)[C@@]2(C)C3=C(C(=O)C[C@]12C)[C@@]1(C)CCC(=O)C(C)(C)[C@H]1[C@H](/C=C/c1ccccc1)[C@H]3O)C(=O)O. The Bertz CT molecular complexity index is 1470. The van der Waals surface area contributed by atoms with Crippen molar-refractivity contribution in [1.29, 1.82) is 0 Å². The first-order valence-electron chi connectivity index (χ1n) is 16.4. The lowest BCUT2D eigenvalue weighted by molar-refractivity contribution is -0.150. The second-order valence-electron chi connectivity index (χ2n) is 15.6. The zero-order chi connectivity index (χ0) is 33.3. The summed E-state index contributed by atoms with van der Waals surface area (Å²) in [6.45, 7) is 13.5. The molecule has 0 saturated heterocycles. The average Bonchev–Trinajstić information content (AvgIpc) is 3.17. The van der Waals surface area contributed by atoms with Crippen LogP contribution in [0.2, 0.25) is 0 Å². The van der Waals surface area contributed by atoms with Crippen molar-refractivity contribution < 1.29 is 34.8 Å². The summed E-state index contributed by atoms with van der Waals surface area (Å²) in [7, 11) is 0. The Labute approximate surface area is 267 Å². The van der Waals surface area contributed by atoms with Gasteiger partial charge in [0, 0.05) is 46.2 Å². The molecule has 10 atom stereocenters. The minimum absolute atomic E-state index is 0.0272. The second kappa shape index (κ2) is 11.4. The van der Waals surface area contributed by atoms with E-state index in [-0.39, 0.29) is 47.7 Å². The minimum atomic E-state index is -1.09. The minimum Gasteiger partial charge on any atom is -0.478 e. The van der Waals surface area contributed by atoms with E-state index >= 15 is 0 Å². The maximum atomic E-state index is 14.5. The number of hydrogen-bond donors (Lipinski definition) is 4. The van der Waals surface area contributed by atoms with E-state index in [4.69, 9.17) is 0 Å². The normalized spacial score (nSPS) is 39.3. The van der Waals surface area contributed by atoms with E-state index in [2.05, 4.69) is 6.92 Å². The molecule has 244 valence electrons. The molecule has 1 aromatic rings. The number of ketones is 2. The molecule has 2 saturated carbocycles. The van der Waals surface area contributed by atoms with Crippen LogP contribution in [0.3, 0.4) is 0 Å². The Morgan fingerprint density at radius 1 is 1.07 bits per heavy atom. The van der Waals surface area contributed by atoms with Crippen LogP contribution in [-0.4, -0.2) is 56.3 Å². The molecule has 4 N–H and O–H groups in total. The molecule has 4 aliphatic rings. The summed E-state index contributed by atoms with van der Waals surface area (Å²) in [6.07, 6.45) is 4.20. The highest BCUT2D eigenvalue weighted by Crippen LogP contribution is 2.72. The topological polar surface area (TPSA) is 132 Å².